The van der Waals surface area contributed by atoms with Crippen LogP contribution in [0.4, 0.5) is 0 Å². The zero-order chi connectivity index (χ0) is 4.50. The first-order valence-electron chi connectivity index (χ1n) is 0.683. The molecule has 0 bridgehead atoms. The van der Waals surface area contributed by atoms with Gasteiger partial charge in [-0.2, -0.15) is 0 Å². The van der Waals surface area contributed by atoms with Crippen LogP contribution in [0.1, 0.15) is 0 Å². The summed E-state index contributed by atoms with van der Waals surface area (Å²) in [6.45, 7) is 0. The molecule has 0 saturated carbocycles. The van der Waals surface area contributed by atoms with Gasteiger partial charge >= 0.3 is 138 Å². The van der Waals surface area contributed by atoms with Crippen molar-refractivity contribution in [1.29, 1.82) is 0 Å². The van der Waals surface area contributed by atoms with E-state index in [1.54, 1.807) is 0 Å². The van der Waals surface area contributed by atoms with Crippen molar-refractivity contribution in [2.75, 3.05) is 0 Å². The van der Waals surface area contributed by atoms with Gasteiger partial charge in [0.2, 0.25) is 10.4 Å². The van der Waals surface area contributed by atoms with E-state index < -0.39 is 10.4 Å². The Bertz CT molecular complexity index is 97.2. The Hall–Kier alpha value is 4.26. The van der Waals surface area contributed by atoms with Crippen LogP contribution in [0.2, 0.25) is 0 Å². The molecular weight excluding hydrogens is 397 g/mol. The minimum Gasteiger partial charge on any atom is -1.00 e. The molecule has 0 aliphatic rings. The first-order chi connectivity index (χ1) is 2.00. The summed E-state index contributed by atoms with van der Waals surface area (Å²) in [5.74, 6) is 0. The van der Waals surface area contributed by atoms with Crippen molar-refractivity contribution in [3.63, 3.8) is 0 Å². The first kappa shape index (κ1) is 22.8. The van der Waals surface area contributed by atoms with Crippen LogP contribution in [-0.2, 0) is 10.4 Å². The molecule has 0 radical (unpaired) electrons. The van der Waals surface area contributed by atoms with Crippen molar-refractivity contribution in [3.8, 4) is 0 Å². The number of hydrogen-bond acceptors (Lipinski definition) is 3. The number of hydrogen-bond donors (Lipinski definition) is 1. The van der Waals surface area contributed by atoms with Crippen LogP contribution < -0.4 is 150 Å². The molecule has 0 amide bonds. The van der Waals surface area contributed by atoms with Gasteiger partial charge in [0, 0.05) is 0 Å². The Morgan fingerprint density at radius 3 is 1.25 bits per heavy atom. The minimum absolute atomic E-state index is 0. The summed E-state index contributed by atoms with van der Waals surface area (Å²) in [5, 5.41) is 0. The Kier molecular flexibility index (Phi) is 32.1. The fourth-order valence-corrected chi connectivity index (χ4v) is 0. The average molecular weight is 398 g/mol. The molecule has 0 spiro atoms. The van der Waals surface area contributed by atoms with Gasteiger partial charge in [-0.3, -0.25) is 4.55 Å². The minimum atomic E-state index is -4.92. The fourth-order valence-electron chi connectivity index (χ4n) is 0. The van der Waals surface area contributed by atoms with Crippen molar-refractivity contribution in [2.45, 2.75) is 0 Å². The van der Waals surface area contributed by atoms with Gasteiger partial charge in [-0.15, -0.1) is 0 Å². The Balaban J connectivity index is -0.0000000267. The van der Waals surface area contributed by atoms with Gasteiger partial charge in [-0.05, 0) is 0 Å². The second-order valence-electron chi connectivity index (χ2n) is 0.428. The van der Waals surface area contributed by atoms with Crippen LogP contribution >= 0.6 is 0 Å². The van der Waals surface area contributed by atoms with Gasteiger partial charge in [-0.1, -0.05) is 0 Å². The molecule has 0 aliphatic heterocycles. The Labute approximate surface area is 172 Å². The van der Waals surface area contributed by atoms with Crippen LogP contribution in [0.5, 0.6) is 0 Å². The summed E-state index contributed by atoms with van der Waals surface area (Å²) in [4.78, 5) is 0. The molecule has 4 nitrogen and oxygen atoms in total. The predicted molar refractivity (Wildman–Crippen MR) is 12.3 cm³/mol. The molecule has 0 aromatic rings. The number of rotatable bonds is 0. The van der Waals surface area contributed by atoms with E-state index in [-0.39, 0.29) is 150 Å². The molecule has 8 heavy (non-hydrogen) atoms. The second kappa shape index (κ2) is 11.3. The topological polar surface area (TPSA) is 77.4 Å². The molecule has 0 aromatic carbocycles. The van der Waals surface area contributed by atoms with E-state index in [0.29, 0.717) is 0 Å². The van der Waals surface area contributed by atoms with Crippen LogP contribution in [0.3, 0.4) is 0 Å². The zero-order valence-corrected chi connectivity index (χ0v) is 18.6. The van der Waals surface area contributed by atoms with Gasteiger partial charge in [0.05, 0.1) is 0 Å². The van der Waals surface area contributed by atoms with Gasteiger partial charge in [-0.25, -0.2) is 8.42 Å². The zero-order valence-electron chi connectivity index (χ0n) is 4.46. The Morgan fingerprint density at radius 1 is 1.25 bits per heavy atom. The average Bonchev–Trinajstić information content (AvgIpc) is 0.722. The third-order valence-corrected chi connectivity index (χ3v) is 0. The van der Waals surface area contributed by atoms with Crippen molar-refractivity contribution < 1.29 is 168 Å². The molecular formula is HClCs2O4S. The van der Waals surface area contributed by atoms with Crippen LogP contribution in [0, 0.1) is 0 Å². The monoisotopic (exact) mass is 398 g/mol. The smallest absolute Gasteiger partial charge is 1.00 e. The molecule has 1 N–H and O–H groups in total. The molecule has 0 fully saturated rings. The fraction of sp³-hybridized carbons (Fsp3) is 0. The molecule has 0 atom stereocenters. The third-order valence-electron chi connectivity index (χ3n) is 0. The van der Waals surface area contributed by atoms with Gasteiger partial charge in [0.15, 0.2) is 0 Å². The van der Waals surface area contributed by atoms with Gasteiger partial charge < -0.3 is 17.0 Å². The maximum atomic E-state index is 8.63. The van der Waals surface area contributed by atoms with Crippen LogP contribution in [0.15, 0.2) is 0 Å². The SMILES string of the molecule is O=S(=O)([O-])O.[Cl-].[Cs+].[Cs+]. The van der Waals surface area contributed by atoms with Crippen molar-refractivity contribution in [3.05, 3.63) is 0 Å². The molecule has 0 rings (SSSR count). The molecule has 0 heterocycles. The van der Waals surface area contributed by atoms with E-state index in [0.717, 1.165) is 0 Å². The summed E-state index contributed by atoms with van der Waals surface area (Å²) >= 11 is 0. The van der Waals surface area contributed by atoms with Crippen molar-refractivity contribution in [2.24, 2.45) is 0 Å². The Morgan fingerprint density at radius 2 is 1.25 bits per heavy atom. The summed E-state index contributed by atoms with van der Waals surface area (Å²) in [6, 6.07) is 0. The van der Waals surface area contributed by atoms with Crippen LogP contribution in [-0.4, -0.2) is 17.5 Å². The van der Waals surface area contributed by atoms with Crippen molar-refractivity contribution in [1.82, 2.24) is 0 Å². The molecule has 40 valence electrons. The van der Waals surface area contributed by atoms with Gasteiger partial charge in [0.1, 0.15) is 0 Å². The van der Waals surface area contributed by atoms with Crippen molar-refractivity contribution >= 4 is 10.4 Å². The van der Waals surface area contributed by atoms with Crippen LogP contribution in [0.25, 0.3) is 0 Å². The third kappa shape index (κ3) is 48.4. The largest absolute Gasteiger partial charge is 1.00 e. The molecule has 8 heteroatoms. The first-order valence-corrected chi connectivity index (χ1v) is 2.05. The summed E-state index contributed by atoms with van der Waals surface area (Å²) in [7, 11) is -4.92. The molecule has 0 unspecified atom stereocenters. The molecule has 0 aromatic heterocycles. The normalized spacial score (nSPS) is 7.25. The summed E-state index contributed by atoms with van der Waals surface area (Å²) < 4.78 is 32.8. The molecule has 0 aliphatic carbocycles. The van der Waals surface area contributed by atoms with E-state index in [1.807, 2.05) is 0 Å². The maximum Gasteiger partial charge on any atom is 1.00 e. The summed E-state index contributed by atoms with van der Waals surface area (Å²) in [5.41, 5.74) is 0. The van der Waals surface area contributed by atoms with E-state index in [2.05, 4.69) is 0 Å². The maximum absolute atomic E-state index is 8.63. The molecule has 0 saturated heterocycles. The van der Waals surface area contributed by atoms with E-state index in [1.165, 1.54) is 0 Å². The predicted octanol–water partition coefficient (Wildman–Crippen LogP) is -9.98. The quantitative estimate of drug-likeness (QED) is 0.325. The van der Waals surface area contributed by atoms with E-state index in [4.69, 9.17) is 17.5 Å². The van der Waals surface area contributed by atoms with E-state index in [9.17, 15) is 0 Å². The number of halogens is 1. The van der Waals surface area contributed by atoms with E-state index >= 15 is 0 Å². The summed E-state index contributed by atoms with van der Waals surface area (Å²) in [6.07, 6.45) is 0. The van der Waals surface area contributed by atoms with Gasteiger partial charge in [0.25, 0.3) is 0 Å². The second-order valence-corrected chi connectivity index (χ2v) is 1.28. The standard InChI is InChI=1S/ClH.2Cs.H2O4S/c;;;1-5(2,3)4/h1H;;;(H2,1,2,3,4)/q;2*+1;/p-2.